The van der Waals surface area contributed by atoms with Crippen LogP contribution in [0.15, 0.2) is 48.5 Å². The molecule has 0 aliphatic heterocycles. The quantitative estimate of drug-likeness (QED) is 0.675. The molecule has 1 amide bonds. The highest BCUT2D eigenvalue weighted by Gasteiger charge is 2.15. The lowest BCUT2D eigenvalue weighted by Gasteiger charge is -2.19. The fraction of sp³-hybridized carbons (Fsp3) is 0.350. The Hall–Kier alpha value is -2.60. The van der Waals surface area contributed by atoms with Crippen LogP contribution in [0.25, 0.3) is 0 Å². The Morgan fingerprint density at radius 2 is 1.65 bits per heavy atom. The number of carbonyl (C=O) groups excluding carboxylic acids is 1. The number of amides is 1. The van der Waals surface area contributed by atoms with Gasteiger partial charge in [0.05, 0.1) is 19.2 Å². The van der Waals surface area contributed by atoms with Crippen LogP contribution >= 0.6 is 0 Å². The number of halogens is 1. The molecule has 0 aromatic heterocycles. The average molecular weight is 360 g/mol. The van der Waals surface area contributed by atoms with Gasteiger partial charge in [-0.25, -0.2) is 4.39 Å². The Bertz CT molecular complexity index is 689. The molecule has 2 unspecified atom stereocenters. The fourth-order valence-electron chi connectivity index (χ4n) is 2.38. The van der Waals surface area contributed by atoms with E-state index in [1.165, 1.54) is 12.1 Å². The normalized spacial score (nSPS) is 12.9. The Morgan fingerprint density at radius 3 is 2.27 bits per heavy atom. The molecule has 26 heavy (non-hydrogen) atoms. The molecular formula is C20H25FN2O3. The molecule has 0 fully saturated rings. The fourth-order valence-corrected chi connectivity index (χ4v) is 2.38. The van der Waals surface area contributed by atoms with E-state index in [4.69, 9.17) is 9.47 Å². The Kier molecular flexibility index (Phi) is 7.41. The minimum Gasteiger partial charge on any atom is -0.497 e. The van der Waals surface area contributed by atoms with Crippen LogP contribution in [0.4, 0.5) is 4.39 Å². The summed E-state index contributed by atoms with van der Waals surface area (Å²) in [5, 5.41) is 6.03. The van der Waals surface area contributed by atoms with E-state index in [1.807, 2.05) is 31.2 Å². The molecule has 140 valence electrons. The van der Waals surface area contributed by atoms with Gasteiger partial charge in [-0.05, 0) is 55.8 Å². The topological polar surface area (TPSA) is 59.6 Å². The summed E-state index contributed by atoms with van der Waals surface area (Å²) >= 11 is 0. The van der Waals surface area contributed by atoms with Gasteiger partial charge in [-0.1, -0.05) is 12.1 Å². The molecule has 2 aromatic carbocycles. The number of ether oxygens (including phenoxy) is 2. The second-order valence-corrected chi connectivity index (χ2v) is 5.98. The summed E-state index contributed by atoms with van der Waals surface area (Å²) in [5.41, 5.74) is 0.856. The van der Waals surface area contributed by atoms with Crippen LogP contribution in [0.5, 0.6) is 11.5 Å². The highest BCUT2D eigenvalue weighted by Crippen LogP contribution is 2.16. The zero-order valence-electron chi connectivity index (χ0n) is 15.3. The number of hydrogen-bond acceptors (Lipinski definition) is 4. The summed E-state index contributed by atoms with van der Waals surface area (Å²) in [6.07, 6.45) is 0. The van der Waals surface area contributed by atoms with E-state index in [1.54, 1.807) is 26.2 Å². The van der Waals surface area contributed by atoms with Gasteiger partial charge in [0.2, 0.25) is 5.91 Å². The molecule has 2 aromatic rings. The van der Waals surface area contributed by atoms with Gasteiger partial charge in [0.1, 0.15) is 23.9 Å². The van der Waals surface area contributed by atoms with E-state index in [0.717, 1.165) is 17.1 Å². The third kappa shape index (κ3) is 6.04. The first kappa shape index (κ1) is 19.7. The largest absolute Gasteiger partial charge is 0.497 e. The molecule has 2 N–H and O–H groups in total. The van der Waals surface area contributed by atoms with Crippen LogP contribution in [0, 0.1) is 5.82 Å². The summed E-state index contributed by atoms with van der Waals surface area (Å²) < 4.78 is 23.7. The zero-order valence-corrected chi connectivity index (χ0v) is 15.3. The number of nitrogens with one attached hydrogen (secondary N) is 2. The average Bonchev–Trinajstić information content (AvgIpc) is 2.66. The molecule has 2 atom stereocenters. The second-order valence-electron chi connectivity index (χ2n) is 5.98. The van der Waals surface area contributed by atoms with Gasteiger partial charge in [-0.3, -0.25) is 4.79 Å². The van der Waals surface area contributed by atoms with Crippen molar-refractivity contribution in [1.82, 2.24) is 10.6 Å². The van der Waals surface area contributed by atoms with Gasteiger partial charge < -0.3 is 20.1 Å². The lowest BCUT2D eigenvalue weighted by atomic mass is 10.1. The third-order valence-corrected chi connectivity index (χ3v) is 4.00. The van der Waals surface area contributed by atoms with Gasteiger partial charge >= 0.3 is 0 Å². The van der Waals surface area contributed by atoms with Crippen molar-refractivity contribution in [3.05, 3.63) is 59.9 Å². The summed E-state index contributed by atoms with van der Waals surface area (Å²) in [6, 6.07) is 12.9. The van der Waals surface area contributed by atoms with E-state index in [9.17, 15) is 9.18 Å². The Labute approximate surface area is 153 Å². The monoisotopic (exact) mass is 360 g/mol. The third-order valence-electron chi connectivity index (χ3n) is 4.00. The van der Waals surface area contributed by atoms with Crippen molar-refractivity contribution in [1.29, 1.82) is 0 Å². The lowest BCUT2D eigenvalue weighted by molar-refractivity contribution is -0.123. The maximum Gasteiger partial charge on any atom is 0.237 e. The molecule has 0 spiro atoms. The number of hydrogen-bond donors (Lipinski definition) is 2. The van der Waals surface area contributed by atoms with Crippen LogP contribution in [-0.2, 0) is 4.79 Å². The first-order valence-corrected chi connectivity index (χ1v) is 8.55. The number of methoxy groups -OCH3 is 1. The molecule has 2 rings (SSSR count). The maximum atomic E-state index is 13.0. The van der Waals surface area contributed by atoms with Crippen molar-refractivity contribution in [3.63, 3.8) is 0 Å². The predicted octanol–water partition coefficient (Wildman–Crippen LogP) is 3.07. The summed E-state index contributed by atoms with van der Waals surface area (Å²) in [4.78, 5) is 12.2. The van der Waals surface area contributed by atoms with E-state index in [2.05, 4.69) is 10.6 Å². The van der Waals surface area contributed by atoms with Crippen LogP contribution in [0.1, 0.15) is 25.5 Å². The van der Waals surface area contributed by atoms with Crippen molar-refractivity contribution >= 4 is 5.91 Å². The van der Waals surface area contributed by atoms with Gasteiger partial charge in [-0.15, -0.1) is 0 Å². The molecule has 6 heteroatoms. The Balaban J connectivity index is 1.70. The predicted molar refractivity (Wildman–Crippen MR) is 98.9 cm³/mol. The molecule has 0 radical (unpaired) electrons. The molecular weight excluding hydrogens is 335 g/mol. The minimum atomic E-state index is -0.364. The van der Waals surface area contributed by atoms with Crippen molar-refractivity contribution in [2.45, 2.75) is 25.9 Å². The van der Waals surface area contributed by atoms with E-state index in [0.29, 0.717) is 13.2 Å². The van der Waals surface area contributed by atoms with Gasteiger partial charge in [-0.2, -0.15) is 0 Å². The van der Waals surface area contributed by atoms with Crippen LogP contribution < -0.4 is 20.1 Å². The molecule has 0 bridgehead atoms. The lowest BCUT2D eigenvalue weighted by Crippen LogP contribution is -2.44. The molecule has 5 nitrogen and oxygen atoms in total. The van der Waals surface area contributed by atoms with E-state index in [-0.39, 0.29) is 23.8 Å². The highest BCUT2D eigenvalue weighted by atomic mass is 19.1. The Morgan fingerprint density at radius 1 is 1.04 bits per heavy atom. The van der Waals surface area contributed by atoms with Gasteiger partial charge in [0.15, 0.2) is 0 Å². The minimum absolute atomic E-state index is 0.119. The summed E-state index contributed by atoms with van der Waals surface area (Å²) in [7, 11) is 1.61. The van der Waals surface area contributed by atoms with E-state index < -0.39 is 0 Å². The maximum absolute atomic E-state index is 13.0. The SMILES string of the molecule is COc1ccc(OCCNC(C)C(=O)NC(C)c2ccc(F)cc2)cc1. The first-order valence-electron chi connectivity index (χ1n) is 8.55. The summed E-state index contributed by atoms with van der Waals surface area (Å²) in [5.74, 6) is 1.11. The van der Waals surface area contributed by atoms with Gasteiger partial charge in [0, 0.05) is 6.54 Å². The van der Waals surface area contributed by atoms with Crippen molar-refractivity contribution in [3.8, 4) is 11.5 Å². The standard InChI is InChI=1S/C20H25FN2O3/c1-14(16-4-6-17(21)7-5-16)23-20(24)15(2)22-12-13-26-19-10-8-18(25-3)9-11-19/h4-11,14-15,22H,12-13H2,1-3H3,(H,23,24). The van der Waals surface area contributed by atoms with Crippen molar-refractivity contribution in [2.75, 3.05) is 20.3 Å². The second kappa shape index (κ2) is 9.77. The molecule has 0 saturated heterocycles. The smallest absolute Gasteiger partial charge is 0.237 e. The zero-order chi connectivity index (χ0) is 18.9. The molecule has 0 aliphatic carbocycles. The van der Waals surface area contributed by atoms with Crippen LogP contribution in [0.3, 0.4) is 0 Å². The number of benzene rings is 2. The summed E-state index contributed by atoms with van der Waals surface area (Å²) in [6.45, 7) is 4.63. The van der Waals surface area contributed by atoms with Crippen molar-refractivity contribution < 1.29 is 18.7 Å². The van der Waals surface area contributed by atoms with E-state index >= 15 is 0 Å². The molecule has 0 saturated carbocycles. The van der Waals surface area contributed by atoms with Crippen molar-refractivity contribution in [2.24, 2.45) is 0 Å². The van der Waals surface area contributed by atoms with Gasteiger partial charge in [0.25, 0.3) is 0 Å². The highest BCUT2D eigenvalue weighted by molar-refractivity contribution is 5.81. The molecule has 0 heterocycles. The first-order chi connectivity index (χ1) is 12.5. The number of carbonyl (C=O) groups is 1. The number of rotatable bonds is 9. The van der Waals surface area contributed by atoms with Crippen LogP contribution in [-0.4, -0.2) is 32.2 Å². The van der Waals surface area contributed by atoms with Crippen LogP contribution in [0.2, 0.25) is 0 Å². The molecule has 0 aliphatic rings.